The Morgan fingerprint density at radius 2 is 1.77 bits per heavy atom. The van der Waals surface area contributed by atoms with E-state index in [1.807, 2.05) is 36.4 Å². The molecule has 4 nitrogen and oxygen atoms in total. The van der Waals surface area contributed by atoms with Gasteiger partial charge in [-0.1, -0.05) is 12.1 Å². The van der Waals surface area contributed by atoms with Crippen LogP contribution in [0.15, 0.2) is 48.5 Å². The first-order chi connectivity index (χ1) is 10.6. The molecule has 0 aromatic heterocycles. The van der Waals surface area contributed by atoms with Crippen LogP contribution in [-0.4, -0.2) is 13.0 Å². The number of benzene rings is 2. The molecule has 0 saturated carbocycles. The van der Waals surface area contributed by atoms with Gasteiger partial charge in [-0.2, -0.15) is 5.26 Å². The van der Waals surface area contributed by atoms with Gasteiger partial charge in [-0.3, -0.25) is 4.79 Å². The monoisotopic (exact) mass is 292 g/mol. The minimum absolute atomic E-state index is 0.112. The van der Waals surface area contributed by atoms with Gasteiger partial charge < -0.3 is 10.1 Å². The Morgan fingerprint density at radius 1 is 1.14 bits per heavy atom. The second-order valence-corrected chi connectivity index (χ2v) is 4.70. The third kappa shape index (κ3) is 3.97. The van der Waals surface area contributed by atoms with Crippen LogP contribution >= 0.6 is 0 Å². The first-order valence-corrected chi connectivity index (χ1v) is 6.76. The summed E-state index contributed by atoms with van der Waals surface area (Å²) in [5.41, 5.74) is 3.01. The van der Waals surface area contributed by atoms with Gasteiger partial charge in [-0.15, -0.1) is 0 Å². The highest BCUT2D eigenvalue weighted by Gasteiger charge is 2.02. The quantitative estimate of drug-likeness (QED) is 0.690. The molecule has 4 heteroatoms. The van der Waals surface area contributed by atoms with Crippen molar-refractivity contribution in [3.05, 3.63) is 59.7 Å². The summed E-state index contributed by atoms with van der Waals surface area (Å²) < 4.78 is 5.11. The number of carbonyl (C=O) groups excluding carboxylic acids is 1. The molecule has 0 radical (unpaired) electrons. The molecule has 0 aliphatic heterocycles. The molecule has 0 heterocycles. The molecule has 0 saturated heterocycles. The summed E-state index contributed by atoms with van der Waals surface area (Å²) in [5, 5.41) is 12.0. The van der Waals surface area contributed by atoms with E-state index in [9.17, 15) is 10.1 Å². The lowest BCUT2D eigenvalue weighted by Crippen LogP contribution is -2.05. The number of allylic oxidation sites excluding steroid dienone is 1. The molecule has 2 aromatic carbocycles. The molecule has 0 spiro atoms. The topological polar surface area (TPSA) is 62.1 Å². The average molecular weight is 292 g/mol. The van der Waals surface area contributed by atoms with E-state index in [1.165, 1.54) is 6.92 Å². The molecule has 2 aromatic rings. The van der Waals surface area contributed by atoms with Crippen LogP contribution in [0.3, 0.4) is 0 Å². The van der Waals surface area contributed by atoms with Gasteiger partial charge in [0.15, 0.2) is 0 Å². The van der Waals surface area contributed by atoms with Gasteiger partial charge >= 0.3 is 0 Å². The number of nitrogens with one attached hydrogen (secondary N) is 1. The minimum Gasteiger partial charge on any atom is -0.497 e. The lowest BCUT2D eigenvalue weighted by molar-refractivity contribution is -0.114. The van der Waals surface area contributed by atoms with Gasteiger partial charge in [0, 0.05) is 12.6 Å². The number of hydrogen-bond donors (Lipinski definition) is 1. The Labute approximate surface area is 129 Å². The number of hydrogen-bond acceptors (Lipinski definition) is 3. The average Bonchev–Trinajstić information content (AvgIpc) is 2.54. The lowest BCUT2D eigenvalue weighted by atomic mass is 10.0. The van der Waals surface area contributed by atoms with E-state index in [1.54, 1.807) is 25.3 Å². The molecule has 0 aliphatic carbocycles. The number of amides is 1. The Hall–Kier alpha value is -3.06. The zero-order valence-electron chi connectivity index (χ0n) is 12.5. The van der Waals surface area contributed by atoms with Gasteiger partial charge in [0.25, 0.3) is 0 Å². The van der Waals surface area contributed by atoms with E-state index in [2.05, 4.69) is 11.4 Å². The van der Waals surface area contributed by atoms with Gasteiger partial charge in [0.05, 0.1) is 18.8 Å². The van der Waals surface area contributed by atoms with Crippen LogP contribution in [0.4, 0.5) is 5.69 Å². The summed E-state index contributed by atoms with van der Waals surface area (Å²) in [4.78, 5) is 11.0. The largest absolute Gasteiger partial charge is 0.497 e. The summed E-state index contributed by atoms with van der Waals surface area (Å²) >= 11 is 0. The van der Waals surface area contributed by atoms with Gasteiger partial charge in [0.1, 0.15) is 5.75 Å². The first kappa shape index (κ1) is 15.3. The molecule has 0 atom stereocenters. The first-order valence-electron chi connectivity index (χ1n) is 6.76. The predicted molar refractivity (Wildman–Crippen MR) is 87.2 cm³/mol. The fraction of sp³-hybridized carbons (Fsp3) is 0.111. The molecular weight excluding hydrogens is 276 g/mol. The third-order valence-corrected chi connectivity index (χ3v) is 3.06. The van der Waals surface area contributed by atoms with Crippen LogP contribution < -0.4 is 10.1 Å². The smallest absolute Gasteiger partial charge is 0.221 e. The highest BCUT2D eigenvalue weighted by atomic mass is 16.5. The van der Waals surface area contributed by atoms with Crippen molar-refractivity contribution < 1.29 is 9.53 Å². The van der Waals surface area contributed by atoms with Crippen molar-refractivity contribution in [2.24, 2.45) is 0 Å². The van der Waals surface area contributed by atoms with Crippen molar-refractivity contribution in [2.45, 2.75) is 6.92 Å². The Morgan fingerprint density at radius 3 is 2.27 bits per heavy atom. The summed E-state index contributed by atoms with van der Waals surface area (Å²) in [6.45, 7) is 1.46. The molecule has 0 bridgehead atoms. The molecule has 0 aliphatic rings. The fourth-order valence-electron chi connectivity index (χ4n) is 1.98. The normalized spacial score (nSPS) is 10.7. The van der Waals surface area contributed by atoms with Crippen molar-refractivity contribution >= 4 is 23.2 Å². The Kier molecular flexibility index (Phi) is 4.94. The molecule has 1 amide bonds. The molecule has 110 valence electrons. The van der Waals surface area contributed by atoms with Crippen molar-refractivity contribution in [1.82, 2.24) is 0 Å². The number of rotatable bonds is 4. The predicted octanol–water partition coefficient (Wildman–Crippen LogP) is 3.72. The Bertz CT molecular complexity index is 723. The molecular formula is C18H16N2O2. The second-order valence-electron chi connectivity index (χ2n) is 4.70. The van der Waals surface area contributed by atoms with Crippen molar-refractivity contribution in [2.75, 3.05) is 12.4 Å². The summed E-state index contributed by atoms with van der Waals surface area (Å²) in [6.07, 6.45) is 1.80. The molecule has 2 rings (SSSR count). The maximum Gasteiger partial charge on any atom is 0.221 e. The van der Waals surface area contributed by atoms with Crippen LogP contribution in [-0.2, 0) is 4.79 Å². The number of anilines is 1. The zero-order valence-corrected chi connectivity index (χ0v) is 12.5. The van der Waals surface area contributed by atoms with E-state index in [0.717, 1.165) is 22.6 Å². The second kappa shape index (κ2) is 7.09. The molecule has 0 unspecified atom stereocenters. The number of nitrogens with zero attached hydrogens (tertiary/aromatic N) is 1. The fourth-order valence-corrected chi connectivity index (χ4v) is 1.98. The number of carbonyl (C=O) groups is 1. The number of methoxy groups -OCH3 is 1. The van der Waals surface area contributed by atoms with Crippen LogP contribution in [0, 0.1) is 11.3 Å². The lowest BCUT2D eigenvalue weighted by Gasteiger charge is -2.04. The van der Waals surface area contributed by atoms with Crippen molar-refractivity contribution in [3.63, 3.8) is 0 Å². The highest BCUT2D eigenvalue weighted by Crippen LogP contribution is 2.21. The van der Waals surface area contributed by atoms with Gasteiger partial charge in [-0.25, -0.2) is 0 Å². The summed E-state index contributed by atoms with van der Waals surface area (Å²) in [6, 6.07) is 16.8. The number of nitriles is 1. The minimum atomic E-state index is -0.112. The number of ether oxygens (including phenoxy) is 1. The summed E-state index contributed by atoms with van der Waals surface area (Å²) in [7, 11) is 1.60. The molecule has 1 N–H and O–H groups in total. The molecule has 22 heavy (non-hydrogen) atoms. The zero-order chi connectivity index (χ0) is 15.9. The van der Waals surface area contributed by atoms with Crippen molar-refractivity contribution in [3.8, 4) is 11.8 Å². The van der Waals surface area contributed by atoms with E-state index in [4.69, 9.17) is 4.74 Å². The van der Waals surface area contributed by atoms with Crippen LogP contribution in [0.25, 0.3) is 11.6 Å². The van der Waals surface area contributed by atoms with E-state index in [0.29, 0.717) is 5.57 Å². The Balaban J connectivity index is 2.24. The van der Waals surface area contributed by atoms with Crippen LogP contribution in [0.1, 0.15) is 18.1 Å². The maximum absolute atomic E-state index is 11.0. The van der Waals surface area contributed by atoms with Gasteiger partial charge in [0.2, 0.25) is 5.91 Å². The summed E-state index contributed by atoms with van der Waals surface area (Å²) in [5.74, 6) is 0.639. The SMILES string of the molecule is COc1ccc(/C(C#N)=C\c2ccc(NC(C)=O)cc2)cc1. The van der Waals surface area contributed by atoms with E-state index >= 15 is 0 Å². The highest BCUT2D eigenvalue weighted by molar-refractivity contribution is 5.91. The standard InChI is InChI=1S/C18H16N2O2/c1-13(21)20-17-7-3-14(4-8-17)11-16(12-19)15-5-9-18(22-2)10-6-15/h3-11H,1-2H3,(H,20,21)/b16-11-. The van der Waals surface area contributed by atoms with Gasteiger partial charge in [-0.05, 0) is 53.6 Å². The van der Waals surface area contributed by atoms with E-state index < -0.39 is 0 Å². The van der Waals surface area contributed by atoms with Crippen LogP contribution in [0.2, 0.25) is 0 Å². The molecule has 0 fully saturated rings. The van der Waals surface area contributed by atoms with Crippen molar-refractivity contribution in [1.29, 1.82) is 5.26 Å². The maximum atomic E-state index is 11.0. The van der Waals surface area contributed by atoms with Crippen LogP contribution in [0.5, 0.6) is 5.75 Å². The van der Waals surface area contributed by atoms with E-state index in [-0.39, 0.29) is 5.91 Å². The third-order valence-electron chi connectivity index (χ3n) is 3.06.